The first-order valence-corrected chi connectivity index (χ1v) is 9.64. The van der Waals surface area contributed by atoms with Gasteiger partial charge in [-0.3, -0.25) is 0 Å². The average molecular weight is 456 g/mol. The summed E-state index contributed by atoms with van der Waals surface area (Å²) >= 11 is 0. The highest BCUT2D eigenvalue weighted by molar-refractivity contribution is 6.34. The third-order valence-corrected chi connectivity index (χ3v) is 4.75. The summed E-state index contributed by atoms with van der Waals surface area (Å²) in [5, 5.41) is 2.91. The fourth-order valence-electron chi connectivity index (χ4n) is 3.16. The van der Waals surface area contributed by atoms with E-state index in [1.165, 1.54) is 6.07 Å². The topological polar surface area (TPSA) is 59.9 Å². The number of halogens is 5. The van der Waals surface area contributed by atoms with Crippen molar-refractivity contribution in [2.45, 2.75) is 12.6 Å². The zero-order valence-electron chi connectivity index (χ0n) is 16.8. The molecule has 166 valence electrons. The second-order valence-electron chi connectivity index (χ2n) is 7.01. The van der Waals surface area contributed by atoms with Gasteiger partial charge in [0.25, 0.3) is 0 Å². The Hall–Kier alpha value is -3.76. The summed E-state index contributed by atoms with van der Waals surface area (Å²) in [5.41, 5.74) is -0.0366. The highest BCUT2D eigenvalue weighted by Crippen LogP contribution is 2.31. The summed E-state index contributed by atoms with van der Waals surface area (Å²) in [6.07, 6.45) is -1.94. The van der Waals surface area contributed by atoms with Gasteiger partial charge in [-0.25, -0.2) is 23.7 Å². The molecule has 0 aliphatic rings. The van der Waals surface area contributed by atoms with Crippen molar-refractivity contribution in [2.75, 3.05) is 11.9 Å². The molecule has 33 heavy (non-hydrogen) atoms. The molecule has 0 aliphatic heterocycles. The van der Waals surface area contributed by atoms with Gasteiger partial charge in [-0.1, -0.05) is 17.6 Å². The van der Waals surface area contributed by atoms with Crippen LogP contribution in [0.2, 0.25) is 0 Å². The van der Waals surface area contributed by atoms with Crippen molar-refractivity contribution >= 4 is 30.0 Å². The molecule has 2 aromatic heterocycles. The molecule has 1 N–H and O–H groups in total. The first kappa shape index (κ1) is 22.4. The molecule has 5 nitrogen and oxygen atoms in total. The zero-order chi connectivity index (χ0) is 23.6. The summed E-state index contributed by atoms with van der Waals surface area (Å²) in [4.78, 5) is 11.5. The first-order chi connectivity index (χ1) is 15.7. The highest BCUT2D eigenvalue weighted by Gasteiger charge is 2.31. The predicted molar refractivity (Wildman–Crippen MR) is 113 cm³/mol. The number of nitrogens with zero attached hydrogens (tertiary/aromatic N) is 3. The van der Waals surface area contributed by atoms with Crippen LogP contribution in [0.5, 0.6) is 11.6 Å². The molecule has 0 bridgehead atoms. The van der Waals surface area contributed by atoms with Crippen LogP contribution in [0.4, 0.5) is 27.8 Å². The lowest BCUT2D eigenvalue weighted by atomic mass is 9.92. The molecule has 2 heterocycles. The monoisotopic (exact) mass is 456 g/mol. The van der Waals surface area contributed by atoms with E-state index in [2.05, 4.69) is 20.3 Å². The number of anilines is 1. The molecule has 4 aromatic rings. The van der Waals surface area contributed by atoms with Crippen LogP contribution < -0.4 is 15.5 Å². The zero-order valence-corrected chi connectivity index (χ0v) is 16.8. The van der Waals surface area contributed by atoms with Crippen molar-refractivity contribution in [3.8, 4) is 11.6 Å². The number of ether oxygens (including phenoxy) is 1. The lowest BCUT2D eigenvalue weighted by Crippen LogP contribution is -2.12. The Morgan fingerprint density at radius 2 is 1.73 bits per heavy atom. The number of nitrogens with one attached hydrogen (secondary N) is 1. The van der Waals surface area contributed by atoms with E-state index in [0.29, 0.717) is 13.0 Å². The van der Waals surface area contributed by atoms with Crippen molar-refractivity contribution in [1.82, 2.24) is 15.0 Å². The molecule has 11 heteroatoms. The summed E-state index contributed by atoms with van der Waals surface area (Å²) in [7, 11) is 5.98. The van der Waals surface area contributed by atoms with Crippen LogP contribution >= 0.6 is 0 Å². The Kier molecular flexibility index (Phi) is 6.12. The molecular weight excluding hydrogens is 442 g/mol. The number of hydrogen-bond donors (Lipinski definition) is 1. The average Bonchev–Trinajstić information content (AvgIpc) is 2.78. The quantitative estimate of drug-likeness (QED) is 0.341. The summed E-state index contributed by atoms with van der Waals surface area (Å²) in [6.45, 7) is 0.316. The van der Waals surface area contributed by atoms with Crippen molar-refractivity contribution in [2.24, 2.45) is 0 Å². The molecule has 0 amide bonds. The van der Waals surface area contributed by atoms with Crippen LogP contribution in [0.3, 0.4) is 0 Å². The van der Waals surface area contributed by atoms with Gasteiger partial charge in [0.2, 0.25) is 5.88 Å². The van der Waals surface area contributed by atoms with Crippen molar-refractivity contribution in [3.63, 3.8) is 0 Å². The molecule has 0 atom stereocenters. The maximum Gasteiger partial charge on any atom is 0.416 e. The molecule has 0 aliphatic carbocycles. The Morgan fingerprint density at radius 1 is 0.939 bits per heavy atom. The SMILES string of the molecule is [B]c1cc(CCNc2ncnc3c(F)ccc(F)c23)ccc1Oc1cc(C(F)(F)F)ccn1. The Balaban J connectivity index is 1.44. The van der Waals surface area contributed by atoms with Crippen LogP contribution in [-0.2, 0) is 12.6 Å². The van der Waals surface area contributed by atoms with Gasteiger partial charge in [0, 0.05) is 18.8 Å². The second kappa shape index (κ2) is 9.01. The summed E-state index contributed by atoms with van der Waals surface area (Å²) in [6, 6.07) is 8.42. The van der Waals surface area contributed by atoms with E-state index >= 15 is 0 Å². The smallest absolute Gasteiger partial charge is 0.416 e. The summed E-state index contributed by atoms with van der Waals surface area (Å²) < 4.78 is 72.0. The van der Waals surface area contributed by atoms with Gasteiger partial charge in [0.15, 0.2) is 0 Å². The molecule has 0 unspecified atom stereocenters. The van der Waals surface area contributed by atoms with Crippen molar-refractivity contribution in [3.05, 3.63) is 77.8 Å². The number of aromatic nitrogens is 3. The lowest BCUT2D eigenvalue weighted by Gasteiger charge is -2.13. The third-order valence-electron chi connectivity index (χ3n) is 4.75. The minimum atomic E-state index is -4.52. The Morgan fingerprint density at radius 3 is 2.48 bits per heavy atom. The van der Waals surface area contributed by atoms with E-state index in [4.69, 9.17) is 12.6 Å². The number of alkyl halides is 3. The van der Waals surface area contributed by atoms with Gasteiger partial charge < -0.3 is 10.1 Å². The fourth-order valence-corrected chi connectivity index (χ4v) is 3.16. The Labute approximate surface area is 186 Å². The molecule has 2 aromatic carbocycles. The van der Waals surface area contributed by atoms with E-state index in [-0.39, 0.29) is 33.8 Å². The van der Waals surface area contributed by atoms with Crippen LogP contribution in [0, 0.1) is 11.6 Å². The van der Waals surface area contributed by atoms with Crippen LogP contribution in [0.15, 0.2) is 55.0 Å². The van der Waals surface area contributed by atoms with E-state index in [1.54, 1.807) is 12.1 Å². The van der Waals surface area contributed by atoms with E-state index in [0.717, 1.165) is 42.4 Å². The molecule has 0 fully saturated rings. The number of pyridine rings is 1. The third kappa shape index (κ3) is 5.02. The van der Waals surface area contributed by atoms with Gasteiger partial charge in [0.1, 0.15) is 42.9 Å². The molecule has 4 rings (SSSR count). The molecule has 0 spiro atoms. The van der Waals surface area contributed by atoms with Crippen LogP contribution in [0.25, 0.3) is 10.9 Å². The minimum Gasteiger partial charge on any atom is -0.440 e. The van der Waals surface area contributed by atoms with E-state index in [1.807, 2.05) is 0 Å². The molecule has 2 radical (unpaired) electrons. The van der Waals surface area contributed by atoms with Crippen molar-refractivity contribution < 1.29 is 26.7 Å². The second-order valence-corrected chi connectivity index (χ2v) is 7.01. The van der Waals surface area contributed by atoms with Crippen LogP contribution in [-0.4, -0.2) is 29.3 Å². The molecule has 0 saturated heterocycles. The van der Waals surface area contributed by atoms with Gasteiger partial charge >= 0.3 is 6.18 Å². The maximum absolute atomic E-state index is 14.2. The standard InChI is InChI=1S/C22H14BF5N4O/c23-14-9-12(1-4-17(14)33-18-10-13(6-8-29-18)22(26,27)28)5-7-30-21-19-15(24)2-3-16(25)20(19)31-11-32-21/h1-4,6,8-11H,5,7H2,(H,30,31,32). The van der Waals surface area contributed by atoms with Gasteiger partial charge in [-0.15, -0.1) is 0 Å². The highest BCUT2D eigenvalue weighted by atomic mass is 19.4. The van der Waals surface area contributed by atoms with Gasteiger partial charge in [-0.2, -0.15) is 13.2 Å². The number of hydrogen-bond acceptors (Lipinski definition) is 5. The predicted octanol–water partition coefficient (Wildman–Crippen LogP) is 4.56. The number of fused-ring (bicyclic) bond motifs is 1. The summed E-state index contributed by atoms with van der Waals surface area (Å²) in [5.74, 6) is -1.24. The Bertz CT molecular complexity index is 1320. The van der Waals surface area contributed by atoms with Gasteiger partial charge in [-0.05, 0) is 36.2 Å². The number of benzene rings is 2. The van der Waals surface area contributed by atoms with Crippen LogP contribution in [0.1, 0.15) is 11.1 Å². The normalized spacial score (nSPS) is 11.5. The minimum absolute atomic E-state index is 0.0469. The van der Waals surface area contributed by atoms with Gasteiger partial charge in [0.05, 0.1) is 10.9 Å². The fraction of sp³-hybridized carbons (Fsp3) is 0.136. The maximum atomic E-state index is 14.2. The number of rotatable bonds is 6. The largest absolute Gasteiger partial charge is 0.440 e. The van der Waals surface area contributed by atoms with E-state index < -0.39 is 23.4 Å². The lowest BCUT2D eigenvalue weighted by molar-refractivity contribution is -0.137. The van der Waals surface area contributed by atoms with E-state index in [9.17, 15) is 22.0 Å². The molecule has 0 saturated carbocycles. The molecular formula is C22H14BF5N4O. The van der Waals surface area contributed by atoms with Crippen molar-refractivity contribution in [1.29, 1.82) is 0 Å². The first-order valence-electron chi connectivity index (χ1n) is 9.64.